The summed E-state index contributed by atoms with van der Waals surface area (Å²) >= 11 is 0. The van der Waals surface area contributed by atoms with Crippen molar-refractivity contribution < 1.29 is 40.4 Å². The molecule has 3 unspecified atom stereocenters. The fourth-order valence-corrected chi connectivity index (χ4v) is 6.55. The molecule has 4 rings (SSSR count). The number of likely N-dealkylation sites (tertiary alicyclic amines) is 1. The van der Waals surface area contributed by atoms with E-state index in [1.54, 1.807) is 20.8 Å². The molecule has 1 aromatic rings. The summed E-state index contributed by atoms with van der Waals surface area (Å²) in [5.74, 6) is -3.77. The molecule has 1 saturated heterocycles. The summed E-state index contributed by atoms with van der Waals surface area (Å²) in [6.45, 7) is 10.4. The Morgan fingerprint density at radius 1 is 1.14 bits per heavy atom. The Morgan fingerprint density at radius 3 is 2.31 bits per heavy atom. The van der Waals surface area contributed by atoms with Crippen LogP contribution < -0.4 is 15.4 Å². The zero-order valence-electron chi connectivity index (χ0n) is 23.9. The van der Waals surface area contributed by atoms with E-state index in [-0.39, 0.29) is 25.1 Å². The summed E-state index contributed by atoms with van der Waals surface area (Å²) in [7, 11) is -3.97. The van der Waals surface area contributed by atoms with Crippen LogP contribution in [0.5, 0.6) is 0 Å². The molecule has 42 heavy (non-hydrogen) atoms. The molecule has 4 atom stereocenters. The number of nitrogens with one attached hydrogen (secondary N) is 3. The molecule has 3 aliphatic rings. The highest BCUT2D eigenvalue weighted by molar-refractivity contribution is 7.91. The normalized spacial score (nSPS) is 25.8. The van der Waals surface area contributed by atoms with E-state index in [0.29, 0.717) is 31.4 Å². The van der Waals surface area contributed by atoms with Crippen molar-refractivity contribution in [3.8, 4) is 0 Å². The predicted molar refractivity (Wildman–Crippen MR) is 147 cm³/mol. The summed E-state index contributed by atoms with van der Waals surface area (Å²) in [6, 6.07) is -0.231. The Bertz CT molecular complexity index is 1400. The first kappa shape index (κ1) is 31.8. The lowest BCUT2D eigenvalue weighted by Gasteiger charge is -2.36. The molecule has 0 bridgehead atoms. The van der Waals surface area contributed by atoms with Gasteiger partial charge in [0.25, 0.3) is 5.91 Å². The van der Waals surface area contributed by atoms with Crippen molar-refractivity contribution in [1.82, 2.24) is 14.9 Å². The molecule has 1 aromatic carbocycles. The quantitative estimate of drug-likeness (QED) is 0.287. The zero-order chi connectivity index (χ0) is 31.5. The van der Waals surface area contributed by atoms with Crippen LogP contribution in [0.1, 0.15) is 65.4 Å². The van der Waals surface area contributed by atoms with Crippen LogP contribution in [0.4, 0.5) is 23.2 Å². The minimum Gasteiger partial charge on any atom is -0.373 e. The number of sulfonamides is 1. The van der Waals surface area contributed by atoms with E-state index < -0.39 is 79.0 Å². The molecule has 232 valence electrons. The van der Waals surface area contributed by atoms with Crippen LogP contribution >= 0.6 is 0 Å². The van der Waals surface area contributed by atoms with Gasteiger partial charge in [0.1, 0.15) is 23.4 Å². The van der Waals surface area contributed by atoms with Gasteiger partial charge in [-0.15, -0.1) is 6.58 Å². The summed E-state index contributed by atoms with van der Waals surface area (Å²) in [4.78, 5) is 41.8. The lowest BCUT2D eigenvalue weighted by molar-refractivity contribution is -0.141. The van der Waals surface area contributed by atoms with Crippen LogP contribution in [-0.2, 0) is 30.6 Å². The maximum absolute atomic E-state index is 14.1. The van der Waals surface area contributed by atoms with E-state index in [1.807, 2.05) is 0 Å². The smallest absolute Gasteiger partial charge is 0.373 e. The van der Waals surface area contributed by atoms with Gasteiger partial charge in [-0.1, -0.05) is 26.8 Å². The Labute approximate surface area is 242 Å². The third-order valence-electron chi connectivity index (χ3n) is 8.37. The van der Waals surface area contributed by atoms with Gasteiger partial charge in [0, 0.05) is 18.2 Å². The van der Waals surface area contributed by atoms with Gasteiger partial charge in [-0.05, 0) is 62.6 Å². The monoisotopic (exact) mass is 616 g/mol. The Balaban J connectivity index is 1.54. The average molecular weight is 617 g/mol. The molecular formula is C28H36F4N4O5S. The molecule has 0 spiro atoms. The summed E-state index contributed by atoms with van der Waals surface area (Å²) < 4.78 is 80.3. The first-order valence-electron chi connectivity index (χ1n) is 13.7. The second-order valence-electron chi connectivity index (χ2n) is 12.8. The lowest BCUT2D eigenvalue weighted by atomic mass is 9.85. The van der Waals surface area contributed by atoms with Crippen LogP contribution in [0.15, 0.2) is 30.9 Å². The summed E-state index contributed by atoms with van der Waals surface area (Å²) in [5, 5.41) is 5.41. The highest BCUT2D eigenvalue weighted by Gasteiger charge is 2.62. The van der Waals surface area contributed by atoms with Crippen LogP contribution in [0.2, 0.25) is 0 Å². The highest BCUT2D eigenvalue weighted by Crippen LogP contribution is 2.47. The van der Waals surface area contributed by atoms with Gasteiger partial charge in [-0.2, -0.15) is 13.2 Å². The second-order valence-corrected chi connectivity index (χ2v) is 14.9. The number of benzene rings is 1. The van der Waals surface area contributed by atoms with E-state index in [2.05, 4.69) is 21.9 Å². The third kappa shape index (κ3) is 6.13. The molecule has 1 heterocycles. The van der Waals surface area contributed by atoms with Crippen LogP contribution in [0.25, 0.3) is 0 Å². The molecule has 2 aliphatic carbocycles. The number of amides is 3. The van der Waals surface area contributed by atoms with Gasteiger partial charge in [0.05, 0.1) is 10.3 Å². The molecular weight excluding hydrogens is 580 g/mol. The van der Waals surface area contributed by atoms with Crippen molar-refractivity contribution in [3.63, 3.8) is 0 Å². The van der Waals surface area contributed by atoms with Gasteiger partial charge in [-0.3, -0.25) is 19.1 Å². The number of carbonyl (C=O) groups is 3. The Hall–Kier alpha value is -3.16. The number of hydrogen-bond acceptors (Lipinski definition) is 6. The van der Waals surface area contributed by atoms with Crippen LogP contribution in [0, 0.1) is 17.2 Å². The van der Waals surface area contributed by atoms with E-state index in [0.717, 1.165) is 6.07 Å². The van der Waals surface area contributed by atoms with Gasteiger partial charge < -0.3 is 15.5 Å². The van der Waals surface area contributed by atoms with Crippen molar-refractivity contribution in [1.29, 1.82) is 0 Å². The third-order valence-corrected chi connectivity index (χ3v) is 10.5. The van der Waals surface area contributed by atoms with Gasteiger partial charge in [0.15, 0.2) is 0 Å². The topological polar surface area (TPSA) is 125 Å². The van der Waals surface area contributed by atoms with Crippen molar-refractivity contribution in [2.24, 2.45) is 11.3 Å². The highest BCUT2D eigenvalue weighted by atomic mass is 32.2. The van der Waals surface area contributed by atoms with Crippen molar-refractivity contribution in [3.05, 3.63) is 42.2 Å². The van der Waals surface area contributed by atoms with Crippen molar-refractivity contribution >= 4 is 33.4 Å². The van der Waals surface area contributed by atoms with E-state index in [1.165, 1.54) is 17.9 Å². The molecule has 0 aromatic heterocycles. The molecule has 3 N–H and O–H groups in total. The SMILES string of the molecule is C=CC1C[C@]1(NC(=O)C1CCCN1C(=O)C(Nc1cc(F)cc(C(F)(F)F)c1)C(C)(C)C)C(=O)NS(=O)(=O)C1(C)CC1. The molecule has 1 aliphatic heterocycles. The van der Waals surface area contributed by atoms with Gasteiger partial charge in [0.2, 0.25) is 21.8 Å². The minimum atomic E-state index is -4.80. The van der Waals surface area contributed by atoms with Crippen molar-refractivity contribution in [2.75, 3.05) is 11.9 Å². The maximum Gasteiger partial charge on any atom is 0.416 e. The number of halogens is 4. The fourth-order valence-electron chi connectivity index (χ4n) is 5.24. The lowest BCUT2D eigenvalue weighted by Crippen LogP contribution is -2.59. The maximum atomic E-state index is 14.1. The number of hydrogen-bond donors (Lipinski definition) is 3. The Kier molecular flexibility index (Phi) is 7.96. The molecule has 3 amide bonds. The predicted octanol–water partition coefficient (Wildman–Crippen LogP) is 3.72. The molecule has 2 saturated carbocycles. The van der Waals surface area contributed by atoms with E-state index >= 15 is 0 Å². The number of rotatable bonds is 9. The second kappa shape index (κ2) is 10.5. The first-order valence-corrected chi connectivity index (χ1v) is 15.2. The first-order chi connectivity index (χ1) is 19.2. The molecule has 14 heteroatoms. The fraction of sp³-hybridized carbons (Fsp3) is 0.607. The molecule has 0 radical (unpaired) electrons. The van der Waals surface area contributed by atoms with E-state index in [4.69, 9.17) is 0 Å². The number of nitrogens with zero attached hydrogens (tertiary/aromatic N) is 1. The number of alkyl halides is 3. The summed E-state index contributed by atoms with van der Waals surface area (Å²) in [6.07, 6.45) is -1.70. The van der Waals surface area contributed by atoms with Gasteiger partial charge >= 0.3 is 6.18 Å². The van der Waals surface area contributed by atoms with Crippen molar-refractivity contribution in [2.45, 2.75) is 88.3 Å². The Morgan fingerprint density at radius 2 is 1.79 bits per heavy atom. The average Bonchev–Trinajstić information content (AvgIpc) is 3.73. The van der Waals surface area contributed by atoms with Gasteiger partial charge in [-0.25, -0.2) is 12.8 Å². The van der Waals surface area contributed by atoms with Crippen LogP contribution in [0.3, 0.4) is 0 Å². The summed E-state index contributed by atoms with van der Waals surface area (Å²) in [5.41, 5.74) is -3.87. The largest absolute Gasteiger partial charge is 0.416 e. The minimum absolute atomic E-state index is 0.133. The van der Waals surface area contributed by atoms with E-state index in [9.17, 15) is 40.4 Å². The number of carbonyl (C=O) groups excluding carboxylic acids is 3. The standard InChI is InChI=1S/C28H36F4N4O5S/c1-6-16-15-27(16,24(39)35-42(40,41)26(5)9-10-26)34-22(37)20-8-7-11-36(20)23(38)21(25(2,3)4)33-19-13-17(28(30,31)32)12-18(29)14-19/h6,12-14,16,20-21,33H,1,7-11,15H2,2-5H3,(H,34,37)(H,35,39)/t16?,20?,21?,27-/m1/s1. The number of anilines is 1. The van der Waals surface area contributed by atoms with Crippen LogP contribution in [-0.4, -0.2) is 60.0 Å². The molecule has 9 nitrogen and oxygen atoms in total. The molecule has 3 fully saturated rings. The zero-order valence-corrected chi connectivity index (χ0v) is 24.7.